The number of nitrogen functional groups attached to an aromatic ring is 1. The van der Waals surface area contributed by atoms with Gasteiger partial charge in [-0.3, -0.25) is 14.4 Å². The molecule has 6 rings (SSSR count). The van der Waals surface area contributed by atoms with Crippen LogP contribution in [0.4, 0.5) is 22.7 Å². The van der Waals surface area contributed by atoms with E-state index in [1.165, 1.54) is 54.5 Å². The fourth-order valence-corrected chi connectivity index (χ4v) is 6.89. The van der Waals surface area contributed by atoms with E-state index in [9.17, 15) is 25.3 Å². The standard InChI is InChI=1S/C20H22ClN5O3S.C7H9BrClN3O2S.C5H4BrClN2.C2H6ClNO2S/c1-25(2)30(27,28)24-18-12-15(13-23-20(18)21)14-3-4-17-16(11-14)19(5-6-22-17)26-7-9-29-10-8-26;1-12(2)15(13,14)11-6-3-5(8)4-10-7(6)9;6-3-1-4(8)5(7)9-2-3;1-4(2)7(3,5)6/h3-6,11-13,24H,7-10H2,1-2H3;3-4,11H,1-2H3;1-2H,8H2;1-2H3. The lowest BCUT2D eigenvalue weighted by molar-refractivity contribution is 0.123. The molecule has 0 saturated carbocycles. The number of benzene rings is 1. The maximum absolute atomic E-state index is 12.2. The highest BCUT2D eigenvalue weighted by Crippen LogP contribution is 2.33. The summed E-state index contributed by atoms with van der Waals surface area (Å²) in [6.07, 6.45) is 6.51. The molecular weight excluding hydrogens is 1070 g/mol. The summed E-state index contributed by atoms with van der Waals surface area (Å²) >= 11 is 23.8. The van der Waals surface area contributed by atoms with E-state index < -0.39 is 29.7 Å². The van der Waals surface area contributed by atoms with Crippen molar-refractivity contribution in [3.8, 4) is 11.1 Å². The molecule has 4 aromatic heterocycles. The zero-order valence-corrected chi connectivity index (χ0v) is 41.8. The number of hydrogen-bond donors (Lipinski definition) is 3. The Kier molecular flexibility index (Phi) is 19.9. The second-order valence-electron chi connectivity index (χ2n) is 12.8. The Hall–Kier alpha value is -2.91. The van der Waals surface area contributed by atoms with Gasteiger partial charge in [-0.2, -0.15) is 38.2 Å². The van der Waals surface area contributed by atoms with Gasteiger partial charge in [-0.25, -0.2) is 15.0 Å². The normalized spacial score (nSPS) is 13.1. The summed E-state index contributed by atoms with van der Waals surface area (Å²) in [6, 6.07) is 12.9. The Morgan fingerprint density at radius 1 is 0.672 bits per heavy atom. The lowest BCUT2D eigenvalue weighted by Gasteiger charge is -2.29. The topological polar surface area (TPSA) is 226 Å². The third-order valence-electron chi connectivity index (χ3n) is 7.76. The van der Waals surface area contributed by atoms with Crippen LogP contribution in [0.25, 0.3) is 22.0 Å². The number of fused-ring (bicyclic) bond motifs is 1. The molecule has 61 heavy (non-hydrogen) atoms. The average Bonchev–Trinajstić information content (AvgIpc) is 3.18. The van der Waals surface area contributed by atoms with Crippen LogP contribution in [-0.2, 0) is 34.4 Å². The molecule has 27 heteroatoms. The monoisotopic (exact) mass is 1110 g/mol. The third kappa shape index (κ3) is 16.3. The molecule has 1 aliphatic heterocycles. The molecule has 1 fully saturated rings. The molecule has 18 nitrogen and oxygen atoms in total. The molecule has 5 aromatic rings. The van der Waals surface area contributed by atoms with E-state index in [1.54, 1.807) is 24.5 Å². The fourth-order valence-electron chi connectivity index (χ4n) is 4.46. The van der Waals surface area contributed by atoms with Crippen molar-refractivity contribution >= 4 is 141 Å². The van der Waals surface area contributed by atoms with Crippen LogP contribution in [0.2, 0.25) is 15.5 Å². The van der Waals surface area contributed by atoms with Crippen LogP contribution in [0.1, 0.15) is 0 Å². The van der Waals surface area contributed by atoms with Gasteiger partial charge in [-0.1, -0.05) is 40.9 Å². The van der Waals surface area contributed by atoms with Gasteiger partial charge >= 0.3 is 20.4 Å². The first kappa shape index (κ1) is 52.4. The maximum Gasteiger partial charge on any atom is 0.301 e. The van der Waals surface area contributed by atoms with E-state index in [-0.39, 0.29) is 21.7 Å². The first-order valence-corrected chi connectivity index (χ1v) is 25.0. The minimum absolute atomic E-state index is 0.0839. The number of nitrogens with two attached hydrogens (primary N) is 1. The molecule has 0 atom stereocenters. The van der Waals surface area contributed by atoms with Crippen molar-refractivity contribution in [1.82, 2.24) is 32.9 Å². The van der Waals surface area contributed by atoms with Crippen LogP contribution in [0.15, 0.2) is 76.2 Å². The van der Waals surface area contributed by atoms with Crippen LogP contribution in [0.3, 0.4) is 0 Å². The summed E-state index contributed by atoms with van der Waals surface area (Å²) in [4.78, 5) is 18.5. The molecular formula is C34H41Br2Cl4N11O7S3. The molecule has 0 spiro atoms. The van der Waals surface area contributed by atoms with Gasteiger partial charge in [0.1, 0.15) is 0 Å². The molecule has 0 radical (unpaired) electrons. The van der Waals surface area contributed by atoms with Crippen molar-refractivity contribution in [2.45, 2.75) is 0 Å². The zero-order chi connectivity index (χ0) is 45.9. The smallest absolute Gasteiger partial charge is 0.301 e. The number of aromatic nitrogens is 4. The first-order chi connectivity index (χ1) is 28.3. The van der Waals surface area contributed by atoms with Crippen molar-refractivity contribution in [3.05, 3.63) is 91.7 Å². The molecule has 5 heterocycles. The Morgan fingerprint density at radius 2 is 1.16 bits per heavy atom. The van der Waals surface area contributed by atoms with Crippen LogP contribution < -0.4 is 20.1 Å². The van der Waals surface area contributed by atoms with E-state index in [4.69, 9.17) is 56.0 Å². The van der Waals surface area contributed by atoms with Crippen molar-refractivity contribution in [2.75, 3.05) is 88.7 Å². The van der Waals surface area contributed by atoms with Gasteiger partial charge in [0.2, 0.25) is 0 Å². The van der Waals surface area contributed by atoms with Crippen molar-refractivity contribution in [3.63, 3.8) is 0 Å². The fraction of sp³-hybridized carbons (Fsp3) is 0.294. The van der Waals surface area contributed by atoms with Crippen LogP contribution in [0, 0.1) is 0 Å². The Labute approximate surface area is 391 Å². The van der Waals surface area contributed by atoms with E-state index in [0.29, 0.717) is 28.5 Å². The number of pyridine rings is 4. The van der Waals surface area contributed by atoms with E-state index in [0.717, 1.165) is 58.2 Å². The molecule has 0 amide bonds. The van der Waals surface area contributed by atoms with Gasteiger partial charge < -0.3 is 15.4 Å². The SMILES string of the molecule is CN(C)S(=O)(=O)Cl.CN(C)S(=O)(=O)Nc1cc(-c2ccc3nccc(N4CCOCC4)c3c2)cnc1Cl.CN(C)S(=O)(=O)Nc1cc(Br)cnc1Cl.Nc1cc(Br)cnc1Cl. The van der Waals surface area contributed by atoms with Gasteiger partial charge in [0.05, 0.1) is 35.8 Å². The zero-order valence-electron chi connectivity index (χ0n) is 33.2. The first-order valence-electron chi connectivity index (χ1n) is 17.1. The molecule has 4 N–H and O–H groups in total. The summed E-state index contributed by atoms with van der Waals surface area (Å²) in [5.74, 6) is 0. The largest absolute Gasteiger partial charge is 0.396 e. The maximum atomic E-state index is 12.2. The summed E-state index contributed by atoms with van der Waals surface area (Å²) in [7, 11) is 2.53. The Morgan fingerprint density at radius 3 is 1.66 bits per heavy atom. The van der Waals surface area contributed by atoms with Gasteiger partial charge in [-0.05, 0) is 73.8 Å². The average molecular weight is 1110 g/mol. The quantitative estimate of drug-likeness (QED) is 0.102. The van der Waals surface area contributed by atoms with Gasteiger partial charge in [0.25, 0.3) is 9.24 Å². The number of anilines is 4. The third-order valence-corrected chi connectivity index (χ3v) is 14.1. The van der Waals surface area contributed by atoms with Crippen molar-refractivity contribution < 1.29 is 30.0 Å². The van der Waals surface area contributed by atoms with Crippen molar-refractivity contribution in [2.24, 2.45) is 0 Å². The number of morpholine rings is 1. The summed E-state index contributed by atoms with van der Waals surface area (Å²) in [6.45, 7) is 3.03. The Balaban J connectivity index is 0.000000264. The van der Waals surface area contributed by atoms with Gasteiger partial charge in [-0.15, -0.1) is 0 Å². The number of hydrogen-bond acceptors (Lipinski definition) is 13. The number of nitrogens with one attached hydrogen (secondary N) is 2. The van der Waals surface area contributed by atoms with E-state index in [2.05, 4.69) is 66.1 Å². The molecule has 0 unspecified atom stereocenters. The highest BCUT2D eigenvalue weighted by molar-refractivity contribution is 9.10. The van der Waals surface area contributed by atoms with Gasteiger partial charge in [0, 0.05) is 116 Å². The molecule has 0 bridgehead atoms. The highest BCUT2D eigenvalue weighted by atomic mass is 79.9. The molecule has 0 aliphatic carbocycles. The number of rotatable bonds is 9. The molecule has 1 saturated heterocycles. The number of halogens is 6. The van der Waals surface area contributed by atoms with E-state index in [1.807, 2.05) is 30.5 Å². The van der Waals surface area contributed by atoms with E-state index >= 15 is 0 Å². The second kappa shape index (κ2) is 23.1. The second-order valence-corrected chi connectivity index (χ2v) is 22.2. The summed E-state index contributed by atoms with van der Waals surface area (Å²) in [5.41, 5.74) is 9.97. The van der Waals surface area contributed by atoms with Crippen LogP contribution in [-0.4, -0.2) is 127 Å². The minimum atomic E-state index is -3.70. The number of ether oxygens (including phenoxy) is 1. The minimum Gasteiger partial charge on any atom is -0.396 e. The number of nitrogens with zero attached hydrogens (tertiary/aromatic N) is 8. The predicted molar refractivity (Wildman–Crippen MR) is 252 cm³/mol. The van der Waals surface area contributed by atoms with Crippen LogP contribution in [0.5, 0.6) is 0 Å². The summed E-state index contributed by atoms with van der Waals surface area (Å²) in [5, 5.41) is 1.55. The Bertz CT molecular complexity index is 2630. The van der Waals surface area contributed by atoms with Crippen LogP contribution >= 0.6 is 77.3 Å². The van der Waals surface area contributed by atoms with Crippen molar-refractivity contribution in [1.29, 1.82) is 0 Å². The lowest BCUT2D eigenvalue weighted by atomic mass is 10.0. The predicted octanol–water partition coefficient (Wildman–Crippen LogP) is 6.83. The molecule has 1 aliphatic rings. The molecule has 1 aromatic carbocycles. The molecule has 334 valence electrons. The lowest BCUT2D eigenvalue weighted by Crippen LogP contribution is -2.36. The highest BCUT2D eigenvalue weighted by Gasteiger charge is 2.19. The summed E-state index contributed by atoms with van der Waals surface area (Å²) < 4.78 is 82.2. The van der Waals surface area contributed by atoms with Gasteiger partial charge in [0.15, 0.2) is 15.5 Å².